The zero-order valence-corrected chi connectivity index (χ0v) is 10.4. The van der Waals surface area contributed by atoms with Gasteiger partial charge in [-0.05, 0) is 23.8 Å². The standard InChI is InChI=1S/C15H17NO2/c1-17-14-7-8-15(13(9-14)10-16)18-11-12-5-3-2-4-6-12/h2-9H,10-11,16H2,1H3. The molecule has 0 radical (unpaired) electrons. The summed E-state index contributed by atoms with van der Waals surface area (Å²) < 4.78 is 10.9. The zero-order valence-electron chi connectivity index (χ0n) is 10.4. The smallest absolute Gasteiger partial charge is 0.124 e. The van der Waals surface area contributed by atoms with E-state index in [1.165, 1.54) is 0 Å². The summed E-state index contributed by atoms with van der Waals surface area (Å²) in [6.45, 7) is 0.974. The molecule has 0 unspecified atom stereocenters. The van der Waals surface area contributed by atoms with E-state index in [0.29, 0.717) is 13.2 Å². The number of nitrogens with two attached hydrogens (primary N) is 1. The molecule has 0 amide bonds. The van der Waals surface area contributed by atoms with Gasteiger partial charge in [0.05, 0.1) is 7.11 Å². The summed E-state index contributed by atoms with van der Waals surface area (Å²) in [6, 6.07) is 15.7. The van der Waals surface area contributed by atoms with Crippen molar-refractivity contribution in [1.82, 2.24) is 0 Å². The first-order valence-corrected chi connectivity index (χ1v) is 5.87. The van der Waals surface area contributed by atoms with Crippen molar-refractivity contribution in [2.75, 3.05) is 7.11 Å². The topological polar surface area (TPSA) is 44.5 Å². The van der Waals surface area contributed by atoms with Crippen LogP contribution in [0.15, 0.2) is 48.5 Å². The third-order valence-electron chi connectivity index (χ3n) is 2.72. The molecule has 2 aromatic rings. The molecular weight excluding hydrogens is 226 g/mol. The van der Waals surface area contributed by atoms with Gasteiger partial charge in [-0.3, -0.25) is 0 Å². The summed E-state index contributed by atoms with van der Waals surface area (Å²) in [5, 5.41) is 0. The van der Waals surface area contributed by atoms with Crippen molar-refractivity contribution in [2.24, 2.45) is 5.73 Å². The van der Waals surface area contributed by atoms with Crippen LogP contribution in [0.1, 0.15) is 11.1 Å². The summed E-state index contributed by atoms with van der Waals surface area (Å²) >= 11 is 0. The second-order valence-electron chi connectivity index (χ2n) is 3.95. The fraction of sp³-hybridized carbons (Fsp3) is 0.200. The van der Waals surface area contributed by atoms with E-state index in [0.717, 1.165) is 22.6 Å². The van der Waals surface area contributed by atoms with Crippen molar-refractivity contribution in [3.63, 3.8) is 0 Å². The Morgan fingerprint density at radius 3 is 2.50 bits per heavy atom. The van der Waals surface area contributed by atoms with Crippen LogP contribution in [-0.2, 0) is 13.2 Å². The predicted molar refractivity (Wildman–Crippen MR) is 71.7 cm³/mol. The van der Waals surface area contributed by atoms with Gasteiger partial charge in [0.2, 0.25) is 0 Å². The molecule has 0 aliphatic heterocycles. The summed E-state index contributed by atoms with van der Waals surface area (Å²) in [7, 11) is 1.64. The van der Waals surface area contributed by atoms with E-state index in [-0.39, 0.29) is 0 Å². The Hall–Kier alpha value is -2.00. The first kappa shape index (κ1) is 12.5. The highest BCUT2D eigenvalue weighted by Crippen LogP contribution is 2.24. The average molecular weight is 243 g/mol. The van der Waals surface area contributed by atoms with Crippen LogP contribution in [0.3, 0.4) is 0 Å². The highest BCUT2D eigenvalue weighted by atomic mass is 16.5. The Morgan fingerprint density at radius 2 is 1.83 bits per heavy atom. The molecule has 2 N–H and O–H groups in total. The molecule has 0 saturated heterocycles. The molecule has 0 heterocycles. The molecule has 3 nitrogen and oxygen atoms in total. The van der Waals surface area contributed by atoms with Gasteiger partial charge in [-0.15, -0.1) is 0 Å². The third-order valence-corrected chi connectivity index (χ3v) is 2.72. The fourth-order valence-electron chi connectivity index (χ4n) is 1.72. The lowest BCUT2D eigenvalue weighted by Gasteiger charge is -2.11. The van der Waals surface area contributed by atoms with E-state index in [1.54, 1.807) is 7.11 Å². The minimum atomic E-state index is 0.432. The molecule has 0 aliphatic carbocycles. The predicted octanol–water partition coefficient (Wildman–Crippen LogP) is 2.73. The molecule has 94 valence electrons. The molecule has 18 heavy (non-hydrogen) atoms. The van der Waals surface area contributed by atoms with Crippen molar-refractivity contribution in [1.29, 1.82) is 0 Å². The van der Waals surface area contributed by atoms with E-state index < -0.39 is 0 Å². The third kappa shape index (κ3) is 3.02. The van der Waals surface area contributed by atoms with Crippen LogP contribution in [0, 0.1) is 0 Å². The minimum Gasteiger partial charge on any atom is -0.497 e. The van der Waals surface area contributed by atoms with Crippen LogP contribution in [-0.4, -0.2) is 7.11 Å². The SMILES string of the molecule is COc1ccc(OCc2ccccc2)c(CN)c1. The van der Waals surface area contributed by atoms with Gasteiger partial charge >= 0.3 is 0 Å². The van der Waals surface area contributed by atoms with E-state index in [2.05, 4.69) is 0 Å². The summed E-state index contributed by atoms with van der Waals surface area (Å²) in [6.07, 6.45) is 0. The number of hydrogen-bond acceptors (Lipinski definition) is 3. The molecule has 0 aliphatic rings. The highest BCUT2D eigenvalue weighted by Gasteiger charge is 2.04. The summed E-state index contributed by atoms with van der Waals surface area (Å²) in [5.41, 5.74) is 7.79. The largest absolute Gasteiger partial charge is 0.497 e. The first-order valence-electron chi connectivity index (χ1n) is 5.87. The van der Waals surface area contributed by atoms with Gasteiger partial charge in [0.1, 0.15) is 18.1 Å². The van der Waals surface area contributed by atoms with Crippen LogP contribution < -0.4 is 15.2 Å². The zero-order chi connectivity index (χ0) is 12.8. The number of benzene rings is 2. The fourth-order valence-corrected chi connectivity index (χ4v) is 1.72. The number of methoxy groups -OCH3 is 1. The summed E-state index contributed by atoms with van der Waals surface area (Å²) in [4.78, 5) is 0. The maximum atomic E-state index is 5.78. The van der Waals surface area contributed by atoms with Crippen LogP contribution in [0.4, 0.5) is 0 Å². The van der Waals surface area contributed by atoms with Gasteiger partial charge in [-0.2, -0.15) is 0 Å². The lowest BCUT2D eigenvalue weighted by molar-refractivity contribution is 0.302. The Labute approximate surface area is 107 Å². The maximum Gasteiger partial charge on any atom is 0.124 e. The minimum absolute atomic E-state index is 0.432. The molecule has 2 rings (SSSR count). The Kier molecular flexibility index (Phi) is 4.20. The van der Waals surface area contributed by atoms with Crippen molar-refractivity contribution < 1.29 is 9.47 Å². The number of ether oxygens (including phenoxy) is 2. The monoisotopic (exact) mass is 243 g/mol. The first-order chi connectivity index (χ1) is 8.83. The van der Waals surface area contributed by atoms with Crippen molar-refractivity contribution in [3.8, 4) is 11.5 Å². The van der Waals surface area contributed by atoms with Crippen LogP contribution >= 0.6 is 0 Å². The van der Waals surface area contributed by atoms with Crippen LogP contribution in [0.25, 0.3) is 0 Å². The van der Waals surface area contributed by atoms with Crippen LogP contribution in [0.5, 0.6) is 11.5 Å². The molecule has 3 heteroatoms. The van der Waals surface area contributed by atoms with Gasteiger partial charge in [0.15, 0.2) is 0 Å². The lowest BCUT2D eigenvalue weighted by atomic mass is 10.2. The Bertz CT molecular complexity index is 497. The normalized spacial score (nSPS) is 10.1. The molecule has 0 spiro atoms. The maximum absolute atomic E-state index is 5.78. The van der Waals surface area contributed by atoms with E-state index in [1.807, 2.05) is 48.5 Å². The van der Waals surface area contributed by atoms with Gasteiger partial charge in [-0.25, -0.2) is 0 Å². The van der Waals surface area contributed by atoms with Gasteiger partial charge < -0.3 is 15.2 Å². The Balaban J connectivity index is 2.09. The molecular formula is C15H17NO2. The second-order valence-corrected chi connectivity index (χ2v) is 3.95. The molecule has 2 aromatic carbocycles. The molecule has 0 atom stereocenters. The second kappa shape index (κ2) is 6.07. The Morgan fingerprint density at radius 1 is 1.06 bits per heavy atom. The van der Waals surface area contributed by atoms with Crippen molar-refractivity contribution >= 4 is 0 Å². The van der Waals surface area contributed by atoms with Gasteiger partial charge in [0, 0.05) is 12.1 Å². The molecule has 0 bridgehead atoms. The summed E-state index contributed by atoms with van der Waals surface area (Å²) in [5.74, 6) is 1.60. The molecule has 0 fully saturated rings. The molecule has 0 aromatic heterocycles. The van der Waals surface area contributed by atoms with E-state index in [4.69, 9.17) is 15.2 Å². The average Bonchev–Trinajstić information content (AvgIpc) is 2.46. The number of hydrogen-bond donors (Lipinski definition) is 1. The van der Waals surface area contributed by atoms with Gasteiger partial charge in [-0.1, -0.05) is 30.3 Å². The molecule has 0 saturated carbocycles. The van der Waals surface area contributed by atoms with E-state index >= 15 is 0 Å². The number of rotatable bonds is 5. The highest BCUT2D eigenvalue weighted by molar-refractivity contribution is 5.40. The quantitative estimate of drug-likeness (QED) is 0.878. The van der Waals surface area contributed by atoms with E-state index in [9.17, 15) is 0 Å². The van der Waals surface area contributed by atoms with Crippen molar-refractivity contribution in [2.45, 2.75) is 13.2 Å². The van der Waals surface area contributed by atoms with Gasteiger partial charge in [0.25, 0.3) is 0 Å². The van der Waals surface area contributed by atoms with Crippen molar-refractivity contribution in [3.05, 3.63) is 59.7 Å². The lowest BCUT2D eigenvalue weighted by Crippen LogP contribution is -2.03. The van der Waals surface area contributed by atoms with Crippen LogP contribution in [0.2, 0.25) is 0 Å².